The molecule has 3 nitrogen and oxygen atoms in total. The highest BCUT2D eigenvalue weighted by molar-refractivity contribution is 6.33. The van der Waals surface area contributed by atoms with Gasteiger partial charge < -0.3 is 10.6 Å². The van der Waals surface area contributed by atoms with Crippen LogP contribution in [-0.4, -0.2) is 12.5 Å². The van der Waals surface area contributed by atoms with Gasteiger partial charge in [-0.2, -0.15) is 0 Å². The average molecular weight is 303 g/mol. The maximum atomic E-state index is 12.0. The van der Waals surface area contributed by atoms with Crippen molar-refractivity contribution in [3.63, 3.8) is 0 Å². The third-order valence-corrected chi connectivity index (χ3v) is 3.62. The number of nitrogens with one attached hydrogen (secondary N) is 2. The minimum atomic E-state index is -0.00745. The normalized spacial score (nSPS) is 10.2. The van der Waals surface area contributed by atoms with Crippen molar-refractivity contribution in [3.8, 4) is 0 Å². The van der Waals surface area contributed by atoms with Gasteiger partial charge >= 0.3 is 0 Å². The zero-order valence-electron chi connectivity index (χ0n) is 12.2. The van der Waals surface area contributed by atoms with Gasteiger partial charge in [0, 0.05) is 18.7 Å². The molecule has 0 aliphatic heterocycles. The SMILES string of the molecule is Cc1cccc(C)c1NC(=O)CCNc1ccccc1Cl. The molecular weight excluding hydrogens is 284 g/mol. The molecule has 0 radical (unpaired) electrons. The second kappa shape index (κ2) is 7.14. The topological polar surface area (TPSA) is 41.1 Å². The summed E-state index contributed by atoms with van der Waals surface area (Å²) in [5.41, 5.74) is 3.89. The predicted molar refractivity (Wildman–Crippen MR) is 89.1 cm³/mol. The summed E-state index contributed by atoms with van der Waals surface area (Å²) >= 11 is 6.05. The first kappa shape index (κ1) is 15.4. The Labute approximate surface area is 130 Å². The number of carbonyl (C=O) groups excluding carboxylic acids is 1. The summed E-state index contributed by atoms with van der Waals surface area (Å²) in [6, 6.07) is 13.5. The van der Waals surface area contributed by atoms with Gasteiger partial charge in [-0.15, -0.1) is 0 Å². The van der Waals surface area contributed by atoms with Crippen molar-refractivity contribution in [1.29, 1.82) is 0 Å². The van der Waals surface area contributed by atoms with Crippen LogP contribution in [0.3, 0.4) is 0 Å². The van der Waals surface area contributed by atoms with Crippen molar-refractivity contribution in [2.24, 2.45) is 0 Å². The van der Waals surface area contributed by atoms with Crippen LogP contribution in [0.2, 0.25) is 5.02 Å². The van der Waals surface area contributed by atoms with Crippen LogP contribution in [0.5, 0.6) is 0 Å². The van der Waals surface area contributed by atoms with Gasteiger partial charge in [-0.3, -0.25) is 4.79 Å². The van der Waals surface area contributed by atoms with E-state index < -0.39 is 0 Å². The number of para-hydroxylation sites is 2. The van der Waals surface area contributed by atoms with Crippen LogP contribution in [0.4, 0.5) is 11.4 Å². The molecule has 2 aromatic carbocycles. The fourth-order valence-electron chi connectivity index (χ4n) is 2.13. The number of anilines is 2. The van der Waals surface area contributed by atoms with Crippen molar-refractivity contribution >= 4 is 28.9 Å². The minimum Gasteiger partial charge on any atom is -0.383 e. The number of hydrogen-bond donors (Lipinski definition) is 2. The Morgan fingerprint density at radius 2 is 1.71 bits per heavy atom. The molecule has 0 aromatic heterocycles. The Kier molecular flexibility index (Phi) is 5.23. The number of halogens is 1. The molecule has 0 spiro atoms. The van der Waals surface area contributed by atoms with Gasteiger partial charge in [0.25, 0.3) is 0 Å². The lowest BCUT2D eigenvalue weighted by Crippen LogP contribution is -2.17. The standard InChI is InChI=1S/C17H19ClN2O/c1-12-6-5-7-13(2)17(12)20-16(21)10-11-19-15-9-4-3-8-14(15)18/h3-9,19H,10-11H2,1-2H3,(H,20,21). The van der Waals surface area contributed by atoms with E-state index in [1.165, 1.54) is 0 Å². The van der Waals surface area contributed by atoms with E-state index in [1.54, 1.807) is 0 Å². The highest BCUT2D eigenvalue weighted by Crippen LogP contribution is 2.21. The van der Waals surface area contributed by atoms with E-state index in [-0.39, 0.29) is 5.91 Å². The molecule has 2 rings (SSSR count). The molecule has 1 amide bonds. The smallest absolute Gasteiger partial charge is 0.226 e. The number of carbonyl (C=O) groups is 1. The lowest BCUT2D eigenvalue weighted by Gasteiger charge is -2.12. The lowest BCUT2D eigenvalue weighted by molar-refractivity contribution is -0.115. The number of hydrogen-bond acceptors (Lipinski definition) is 2. The molecule has 2 N–H and O–H groups in total. The van der Waals surface area contributed by atoms with E-state index in [2.05, 4.69) is 10.6 Å². The van der Waals surface area contributed by atoms with Crippen LogP contribution in [0.15, 0.2) is 42.5 Å². The van der Waals surface area contributed by atoms with Crippen molar-refractivity contribution < 1.29 is 4.79 Å². The first-order chi connectivity index (χ1) is 10.1. The van der Waals surface area contributed by atoms with E-state index in [9.17, 15) is 4.79 Å². The third kappa shape index (κ3) is 4.23. The first-order valence-corrected chi connectivity index (χ1v) is 7.30. The zero-order valence-corrected chi connectivity index (χ0v) is 13.0. The summed E-state index contributed by atoms with van der Waals surface area (Å²) < 4.78 is 0. The first-order valence-electron chi connectivity index (χ1n) is 6.92. The molecule has 2 aromatic rings. The number of aryl methyl sites for hydroxylation is 2. The Hall–Kier alpha value is -2.00. The Morgan fingerprint density at radius 1 is 1.05 bits per heavy atom. The Balaban J connectivity index is 1.87. The van der Waals surface area contributed by atoms with Crippen molar-refractivity contribution in [1.82, 2.24) is 0 Å². The van der Waals surface area contributed by atoms with Crippen LogP contribution in [0.25, 0.3) is 0 Å². The van der Waals surface area contributed by atoms with Crippen LogP contribution >= 0.6 is 11.6 Å². The monoisotopic (exact) mass is 302 g/mol. The van der Waals surface area contributed by atoms with Crippen LogP contribution in [0, 0.1) is 13.8 Å². The van der Waals surface area contributed by atoms with E-state index >= 15 is 0 Å². The zero-order chi connectivity index (χ0) is 15.2. The third-order valence-electron chi connectivity index (χ3n) is 3.29. The summed E-state index contributed by atoms with van der Waals surface area (Å²) in [7, 11) is 0. The highest BCUT2D eigenvalue weighted by atomic mass is 35.5. The highest BCUT2D eigenvalue weighted by Gasteiger charge is 2.07. The van der Waals surface area contributed by atoms with Crippen molar-refractivity contribution in [2.45, 2.75) is 20.3 Å². The van der Waals surface area contributed by atoms with Gasteiger partial charge in [0.2, 0.25) is 5.91 Å². The summed E-state index contributed by atoms with van der Waals surface area (Å²) in [5, 5.41) is 6.79. The van der Waals surface area contributed by atoms with Crippen molar-refractivity contribution in [2.75, 3.05) is 17.2 Å². The maximum absolute atomic E-state index is 12.0. The van der Waals surface area contributed by atoms with Crippen LogP contribution < -0.4 is 10.6 Å². The summed E-state index contributed by atoms with van der Waals surface area (Å²) in [5.74, 6) is -0.00745. The molecule has 0 aliphatic carbocycles. The molecule has 0 unspecified atom stereocenters. The summed E-state index contributed by atoms with van der Waals surface area (Å²) in [6.45, 7) is 4.52. The Morgan fingerprint density at radius 3 is 2.38 bits per heavy atom. The average Bonchev–Trinajstić information content (AvgIpc) is 2.45. The molecule has 4 heteroatoms. The number of benzene rings is 2. The molecule has 0 atom stereocenters. The summed E-state index contributed by atoms with van der Waals surface area (Å²) in [4.78, 5) is 12.0. The molecule has 0 saturated heterocycles. The number of rotatable bonds is 5. The second-order valence-electron chi connectivity index (χ2n) is 4.97. The molecular formula is C17H19ClN2O. The summed E-state index contributed by atoms with van der Waals surface area (Å²) in [6.07, 6.45) is 0.388. The van der Waals surface area contributed by atoms with Gasteiger partial charge in [-0.1, -0.05) is 41.9 Å². The largest absolute Gasteiger partial charge is 0.383 e. The van der Waals surface area contributed by atoms with Crippen molar-refractivity contribution in [3.05, 3.63) is 58.6 Å². The predicted octanol–water partition coefficient (Wildman–Crippen LogP) is 4.40. The molecule has 110 valence electrons. The molecule has 0 bridgehead atoms. The van der Waals surface area contributed by atoms with E-state index in [1.807, 2.05) is 56.3 Å². The Bertz CT molecular complexity index is 620. The fourth-order valence-corrected chi connectivity index (χ4v) is 2.33. The number of amides is 1. The van der Waals surface area contributed by atoms with Crippen LogP contribution in [0.1, 0.15) is 17.5 Å². The molecule has 0 heterocycles. The molecule has 0 fully saturated rings. The second-order valence-corrected chi connectivity index (χ2v) is 5.38. The van der Waals surface area contributed by atoms with Gasteiger partial charge in [-0.05, 0) is 37.1 Å². The van der Waals surface area contributed by atoms with Crippen LogP contribution in [-0.2, 0) is 4.79 Å². The molecule has 0 aliphatic rings. The molecule has 0 saturated carbocycles. The maximum Gasteiger partial charge on any atom is 0.226 e. The quantitative estimate of drug-likeness (QED) is 0.859. The molecule has 21 heavy (non-hydrogen) atoms. The van der Waals surface area contributed by atoms with Gasteiger partial charge in [-0.25, -0.2) is 0 Å². The van der Waals surface area contributed by atoms with Gasteiger partial charge in [0.1, 0.15) is 0 Å². The fraction of sp³-hybridized carbons (Fsp3) is 0.235. The lowest BCUT2D eigenvalue weighted by atomic mass is 10.1. The van der Waals surface area contributed by atoms with E-state index in [4.69, 9.17) is 11.6 Å². The van der Waals surface area contributed by atoms with E-state index in [0.717, 1.165) is 22.5 Å². The van der Waals surface area contributed by atoms with Gasteiger partial charge in [0.15, 0.2) is 0 Å². The van der Waals surface area contributed by atoms with E-state index in [0.29, 0.717) is 18.0 Å². The van der Waals surface area contributed by atoms with Gasteiger partial charge in [0.05, 0.1) is 10.7 Å². The minimum absolute atomic E-state index is 0.00745.